The highest BCUT2D eigenvalue weighted by Gasteiger charge is 2.62. The highest BCUT2D eigenvalue weighted by molar-refractivity contribution is 7.91. The Labute approximate surface area is 317 Å². The lowest BCUT2D eigenvalue weighted by atomic mass is 9.77. The highest BCUT2D eigenvalue weighted by Crippen LogP contribution is 2.46. The van der Waals surface area contributed by atoms with Crippen molar-refractivity contribution < 1.29 is 37.1 Å². The predicted molar refractivity (Wildman–Crippen MR) is 203 cm³/mol. The van der Waals surface area contributed by atoms with E-state index in [0.717, 1.165) is 19.3 Å². The standard InChI is InChI=1S/C40H51N5O8S/c1-5-27-25-40(27,37(49)42-54(51,52)31-19-20-31)41-35(47)33-23-30(53-38(50)45(28-15-9-6-10-16-28)29-17-11-7-12-18-29)26-44(33)36(48)32(39(2,3)4)24-34(46)43-21-13-8-14-22-43/h5-7,9-12,15-18,27,30-33H,1,8,13-14,19-26H2,2-4H3,(H,41,47)(H,42,49)/t27-,30-,32-,33+,40-/m1/s1. The number of carbonyl (C=O) groups is 5. The van der Waals surface area contributed by atoms with Gasteiger partial charge >= 0.3 is 6.09 Å². The van der Waals surface area contributed by atoms with E-state index in [0.29, 0.717) is 37.3 Å². The van der Waals surface area contributed by atoms with Gasteiger partial charge in [0.05, 0.1) is 29.1 Å². The topological polar surface area (TPSA) is 162 Å². The first-order chi connectivity index (χ1) is 25.6. The van der Waals surface area contributed by atoms with E-state index < -0.39 is 74.0 Å². The van der Waals surface area contributed by atoms with Crippen molar-refractivity contribution >= 4 is 51.1 Å². The summed E-state index contributed by atoms with van der Waals surface area (Å²) >= 11 is 0. The molecule has 14 heteroatoms. The number of benzene rings is 2. The average Bonchev–Trinajstić information content (AvgIpc) is 4.08. The number of carbonyl (C=O) groups excluding carboxylic acids is 5. The summed E-state index contributed by atoms with van der Waals surface area (Å²) in [4.78, 5) is 74.7. The van der Waals surface area contributed by atoms with Gasteiger partial charge in [0.1, 0.15) is 17.7 Å². The Morgan fingerprint density at radius 1 is 0.963 bits per heavy atom. The number of likely N-dealkylation sites (tertiary alicyclic amines) is 2. The van der Waals surface area contributed by atoms with Crippen molar-refractivity contribution in [2.45, 2.75) is 95.1 Å². The summed E-state index contributed by atoms with van der Waals surface area (Å²) in [5.74, 6) is -3.47. The summed E-state index contributed by atoms with van der Waals surface area (Å²) in [6, 6.07) is 16.7. The maximum absolute atomic E-state index is 14.7. The first kappa shape index (κ1) is 39.0. The van der Waals surface area contributed by atoms with E-state index >= 15 is 0 Å². The lowest BCUT2D eigenvalue weighted by Crippen LogP contribution is -2.57. The number of nitrogens with one attached hydrogen (secondary N) is 2. The Balaban J connectivity index is 1.28. The van der Waals surface area contributed by atoms with Gasteiger partial charge in [-0.05, 0) is 68.2 Å². The maximum Gasteiger partial charge on any atom is 0.419 e. The molecule has 2 aromatic rings. The fraction of sp³-hybridized carbons (Fsp3) is 0.525. The summed E-state index contributed by atoms with van der Waals surface area (Å²) in [5, 5.41) is 2.14. The maximum atomic E-state index is 14.7. The van der Waals surface area contributed by atoms with E-state index in [-0.39, 0.29) is 31.7 Å². The van der Waals surface area contributed by atoms with Crippen molar-refractivity contribution in [1.29, 1.82) is 0 Å². The van der Waals surface area contributed by atoms with Gasteiger partial charge in [-0.15, -0.1) is 6.58 Å². The van der Waals surface area contributed by atoms with Crippen LogP contribution >= 0.6 is 0 Å². The number of anilines is 2. The van der Waals surface area contributed by atoms with Crippen molar-refractivity contribution in [2.24, 2.45) is 17.3 Å². The number of hydrogen-bond acceptors (Lipinski definition) is 8. The third-order valence-corrected chi connectivity index (χ3v) is 12.8. The molecule has 0 aromatic heterocycles. The minimum atomic E-state index is -3.91. The van der Waals surface area contributed by atoms with Crippen LogP contribution in [0.25, 0.3) is 0 Å². The Morgan fingerprint density at radius 3 is 2.07 bits per heavy atom. The number of ether oxygens (including phenoxy) is 1. The summed E-state index contributed by atoms with van der Waals surface area (Å²) in [6.07, 6.45) is 3.57. The summed E-state index contributed by atoms with van der Waals surface area (Å²) < 4.78 is 33.7. The molecule has 290 valence electrons. The largest absolute Gasteiger partial charge is 0.444 e. The SMILES string of the molecule is C=C[C@@H]1C[C@]1(NC(=O)[C@@H]1C[C@@H](OC(=O)N(c2ccccc2)c2ccccc2)CN1C(=O)[C@@H](CC(=O)N1CCCCC1)C(C)(C)C)C(=O)NS(=O)(=O)C1CC1. The average molecular weight is 762 g/mol. The number of amides is 5. The molecule has 2 aliphatic carbocycles. The van der Waals surface area contributed by atoms with Crippen LogP contribution in [0.15, 0.2) is 73.3 Å². The van der Waals surface area contributed by atoms with Crippen LogP contribution in [0.3, 0.4) is 0 Å². The van der Waals surface area contributed by atoms with E-state index in [1.807, 2.05) is 32.9 Å². The van der Waals surface area contributed by atoms with Crippen LogP contribution in [0.1, 0.15) is 72.1 Å². The van der Waals surface area contributed by atoms with Gasteiger partial charge in [-0.2, -0.15) is 0 Å². The second-order valence-electron chi connectivity index (χ2n) is 16.0. The molecule has 2 aliphatic heterocycles. The van der Waals surface area contributed by atoms with Gasteiger partial charge in [-0.3, -0.25) is 23.9 Å². The lowest BCUT2D eigenvalue weighted by molar-refractivity contribution is -0.148. The summed E-state index contributed by atoms with van der Waals surface area (Å²) in [6.45, 7) is 10.5. The zero-order chi connectivity index (χ0) is 38.8. The van der Waals surface area contributed by atoms with Crippen molar-refractivity contribution in [1.82, 2.24) is 19.8 Å². The number of piperidine rings is 1. The van der Waals surface area contributed by atoms with E-state index in [2.05, 4.69) is 16.6 Å². The van der Waals surface area contributed by atoms with Crippen LogP contribution in [-0.4, -0.2) is 90.5 Å². The van der Waals surface area contributed by atoms with Crippen LogP contribution in [0, 0.1) is 17.3 Å². The Kier molecular flexibility index (Phi) is 11.2. The molecule has 4 fully saturated rings. The van der Waals surface area contributed by atoms with E-state index in [1.165, 1.54) is 15.9 Å². The molecule has 2 saturated carbocycles. The highest BCUT2D eigenvalue weighted by atomic mass is 32.2. The third kappa shape index (κ3) is 8.48. The zero-order valence-corrected chi connectivity index (χ0v) is 32.1. The van der Waals surface area contributed by atoms with E-state index in [9.17, 15) is 32.4 Å². The van der Waals surface area contributed by atoms with Gasteiger partial charge in [0.2, 0.25) is 27.7 Å². The fourth-order valence-electron chi connectivity index (χ4n) is 7.51. The normalized spacial score (nSPS) is 24.5. The van der Waals surface area contributed by atoms with Crippen molar-refractivity contribution in [3.05, 3.63) is 73.3 Å². The Bertz CT molecular complexity index is 1820. The van der Waals surface area contributed by atoms with Crippen LogP contribution in [0.4, 0.5) is 16.2 Å². The van der Waals surface area contributed by atoms with Crippen LogP contribution in [0.5, 0.6) is 0 Å². The second-order valence-corrected chi connectivity index (χ2v) is 18.0. The van der Waals surface area contributed by atoms with Crippen molar-refractivity contribution in [3.63, 3.8) is 0 Å². The predicted octanol–water partition coefficient (Wildman–Crippen LogP) is 4.67. The third-order valence-electron chi connectivity index (χ3n) is 11.0. The second kappa shape index (κ2) is 15.6. The van der Waals surface area contributed by atoms with Crippen molar-refractivity contribution in [3.8, 4) is 0 Å². The molecule has 2 aromatic carbocycles. The lowest BCUT2D eigenvalue weighted by Gasteiger charge is -2.36. The molecule has 54 heavy (non-hydrogen) atoms. The van der Waals surface area contributed by atoms with Crippen LogP contribution in [0.2, 0.25) is 0 Å². The number of rotatable bonds is 12. The minimum absolute atomic E-state index is 0.0582. The molecule has 5 amide bonds. The first-order valence-corrected chi connectivity index (χ1v) is 20.4. The smallest absolute Gasteiger partial charge is 0.419 e. The number of hydrogen-bond donors (Lipinski definition) is 2. The summed E-state index contributed by atoms with van der Waals surface area (Å²) in [7, 11) is -3.91. The van der Waals surface area contributed by atoms with E-state index in [4.69, 9.17) is 4.74 Å². The molecule has 13 nitrogen and oxygen atoms in total. The molecule has 4 aliphatic rings. The zero-order valence-electron chi connectivity index (χ0n) is 31.2. The Hall–Kier alpha value is -4.72. The molecule has 5 atom stereocenters. The van der Waals surface area contributed by atoms with Gasteiger partial charge in [-0.1, -0.05) is 63.2 Å². The molecular formula is C40H51N5O8S. The van der Waals surface area contributed by atoms with Crippen molar-refractivity contribution in [2.75, 3.05) is 24.5 Å². The first-order valence-electron chi connectivity index (χ1n) is 18.8. The molecular weight excluding hydrogens is 711 g/mol. The summed E-state index contributed by atoms with van der Waals surface area (Å²) in [5.41, 5.74) is -1.15. The fourth-order valence-corrected chi connectivity index (χ4v) is 8.88. The van der Waals surface area contributed by atoms with Gasteiger partial charge in [0, 0.05) is 31.8 Å². The molecule has 0 radical (unpaired) electrons. The van der Waals surface area contributed by atoms with E-state index in [1.54, 1.807) is 53.4 Å². The van der Waals surface area contributed by atoms with Gasteiger partial charge in [0.15, 0.2) is 0 Å². The molecule has 0 spiro atoms. The van der Waals surface area contributed by atoms with Gasteiger partial charge < -0.3 is 19.9 Å². The number of nitrogens with zero attached hydrogens (tertiary/aromatic N) is 3. The number of sulfonamides is 1. The number of para-hydroxylation sites is 2. The van der Waals surface area contributed by atoms with Gasteiger partial charge in [-0.25, -0.2) is 18.1 Å². The van der Waals surface area contributed by atoms with Crippen LogP contribution in [-0.2, 0) is 33.9 Å². The molecule has 0 unspecified atom stereocenters. The minimum Gasteiger partial charge on any atom is -0.444 e. The van der Waals surface area contributed by atoms with Crippen LogP contribution < -0.4 is 14.9 Å². The van der Waals surface area contributed by atoms with Gasteiger partial charge in [0.25, 0.3) is 5.91 Å². The monoisotopic (exact) mass is 761 g/mol. The Morgan fingerprint density at radius 2 is 1.56 bits per heavy atom. The molecule has 2 heterocycles. The molecule has 2 saturated heterocycles. The molecule has 2 N–H and O–H groups in total. The molecule has 0 bridgehead atoms. The molecule has 6 rings (SSSR count). The quantitative estimate of drug-likeness (QED) is 0.295.